The van der Waals surface area contributed by atoms with Gasteiger partial charge >= 0.3 is 0 Å². The van der Waals surface area contributed by atoms with Crippen molar-refractivity contribution in [2.75, 3.05) is 24.5 Å². The second-order valence-corrected chi connectivity index (χ2v) is 8.66. The number of amides is 1. The van der Waals surface area contributed by atoms with Crippen LogP contribution < -0.4 is 4.90 Å². The maximum absolute atomic E-state index is 13.8. The largest absolute Gasteiger partial charge is 0.371 e. The predicted octanol–water partition coefficient (Wildman–Crippen LogP) is 5.22. The lowest BCUT2D eigenvalue weighted by Crippen LogP contribution is -2.37. The van der Waals surface area contributed by atoms with Crippen LogP contribution in [0.2, 0.25) is 5.02 Å². The molecule has 33 heavy (non-hydrogen) atoms. The first-order chi connectivity index (χ1) is 16.1. The zero-order chi connectivity index (χ0) is 23.4. The number of hydrogen-bond donors (Lipinski definition) is 0. The lowest BCUT2D eigenvalue weighted by atomic mass is 10.0. The average Bonchev–Trinajstić information content (AvgIpc) is 3.27. The molecule has 0 aliphatic carbocycles. The monoisotopic (exact) mass is 461 g/mol. The molecule has 0 saturated carbocycles. The Labute approximate surface area is 200 Å². The minimum absolute atomic E-state index is 0.137. The van der Waals surface area contributed by atoms with Crippen molar-refractivity contribution in [1.29, 1.82) is 5.26 Å². The van der Waals surface area contributed by atoms with Gasteiger partial charge in [-0.1, -0.05) is 43.6 Å². The summed E-state index contributed by atoms with van der Waals surface area (Å²) in [4.78, 5) is 17.8. The van der Waals surface area contributed by atoms with Crippen LogP contribution in [0, 0.1) is 11.3 Å². The first kappa shape index (κ1) is 22.9. The third kappa shape index (κ3) is 4.60. The van der Waals surface area contributed by atoms with Crippen LogP contribution in [0.1, 0.15) is 53.9 Å². The van der Waals surface area contributed by atoms with Crippen LogP contribution in [0.5, 0.6) is 0 Å². The molecule has 0 unspecified atom stereocenters. The number of carbonyl (C=O) groups excluding carboxylic acids is 1. The van der Waals surface area contributed by atoms with Crippen molar-refractivity contribution in [2.45, 2.75) is 39.7 Å². The molecular formula is C26H28ClN5O. The molecule has 0 atom stereocenters. The van der Waals surface area contributed by atoms with Crippen molar-refractivity contribution in [3.63, 3.8) is 0 Å². The Morgan fingerprint density at radius 2 is 1.88 bits per heavy atom. The Balaban J connectivity index is 1.67. The quantitative estimate of drug-likeness (QED) is 0.483. The predicted molar refractivity (Wildman–Crippen MR) is 131 cm³/mol. The van der Waals surface area contributed by atoms with E-state index >= 15 is 0 Å². The van der Waals surface area contributed by atoms with Crippen LogP contribution in [0.4, 0.5) is 5.69 Å². The van der Waals surface area contributed by atoms with E-state index in [2.05, 4.69) is 24.8 Å². The number of benzene rings is 2. The van der Waals surface area contributed by atoms with Crippen molar-refractivity contribution in [3.8, 4) is 11.8 Å². The van der Waals surface area contributed by atoms with Crippen molar-refractivity contribution in [2.24, 2.45) is 0 Å². The van der Waals surface area contributed by atoms with E-state index in [-0.39, 0.29) is 10.9 Å². The number of nitrogens with zero attached hydrogens (tertiary/aromatic N) is 5. The van der Waals surface area contributed by atoms with E-state index < -0.39 is 0 Å². The molecule has 170 valence electrons. The molecule has 2 heterocycles. The number of hydrogen-bond acceptors (Lipinski definition) is 4. The number of para-hydroxylation sites is 1. The fourth-order valence-corrected chi connectivity index (χ4v) is 4.65. The van der Waals surface area contributed by atoms with Crippen LogP contribution in [-0.4, -0.2) is 40.2 Å². The van der Waals surface area contributed by atoms with Crippen LogP contribution >= 0.6 is 11.6 Å². The molecule has 1 amide bonds. The Morgan fingerprint density at radius 1 is 1.15 bits per heavy atom. The Morgan fingerprint density at radius 3 is 2.55 bits per heavy atom. The van der Waals surface area contributed by atoms with Gasteiger partial charge in [0, 0.05) is 44.4 Å². The number of nitriles is 1. The van der Waals surface area contributed by atoms with Gasteiger partial charge < -0.3 is 9.80 Å². The first-order valence-corrected chi connectivity index (χ1v) is 11.8. The van der Waals surface area contributed by atoms with E-state index in [0.717, 1.165) is 48.6 Å². The van der Waals surface area contributed by atoms with Crippen molar-refractivity contribution in [1.82, 2.24) is 14.7 Å². The topological polar surface area (TPSA) is 65.2 Å². The van der Waals surface area contributed by atoms with Crippen LogP contribution in [-0.2, 0) is 13.0 Å². The summed E-state index contributed by atoms with van der Waals surface area (Å²) in [6, 6.07) is 15.7. The van der Waals surface area contributed by atoms with Gasteiger partial charge in [0.25, 0.3) is 5.91 Å². The Hall–Kier alpha value is -3.30. The molecule has 1 aliphatic rings. The number of rotatable bonds is 7. The molecule has 0 bridgehead atoms. The Bertz CT molecular complexity index is 1180. The molecular weight excluding hydrogens is 434 g/mol. The van der Waals surface area contributed by atoms with Gasteiger partial charge in [-0.05, 0) is 37.1 Å². The van der Waals surface area contributed by atoms with E-state index in [1.165, 1.54) is 0 Å². The minimum Gasteiger partial charge on any atom is -0.371 e. The minimum atomic E-state index is -0.137. The molecule has 7 heteroatoms. The maximum atomic E-state index is 13.8. The Kier molecular flexibility index (Phi) is 7.00. The summed E-state index contributed by atoms with van der Waals surface area (Å²) in [7, 11) is 0. The third-order valence-corrected chi connectivity index (χ3v) is 6.34. The van der Waals surface area contributed by atoms with Crippen LogP contribution in [0.15, 0.2) is 48.7 Å². The third-order valence-electron chi connectivity index (χ3n) is 5.95. The molecule has 2 aromatic carbocycles. The molecule has 0 saturated heterocycles. The molecule has 4 rings (SSSR count). The smallest absolute Gasteiger partial charge is 0.257 e. The van der Waals surface area contributed by atoms with Crippen molar-refractivity contribution < 1.29 is 4.79 Å². The lowest BCUT2D eigenvalue weighted by Gasteiger charge is -2.31. The molecule has 0 spiro atoms. The van der Waals surface area contributed by atoms with Gasteiger partial charge in [0.1, 0.15) is 6.07 Å². The first-order valence-electron chi connectivity index (χ1n) is 11.5. The summed E-state index contributed by atoms with van der Waals surface area (Å²) in [5, 5.41) is 14.5. The van der Waals surface area contributed by atoms with E-state index in [9.17, 15) is 10.1 Å². The highest BCUT2D eigenvalue weighted by atomic mass is 35.5. The number of aromatic nitrogens is 2. The standard InChI is InChI=1S/C26H28ClN5O/c1-3-13-30(14-4-2)23-11-10-19(16-28)25(27)24(23)26(33)31-15-12-22-20(17-31)18-32(29-22)21-8-6-5-7-9-21/h5-11,18H,3-4,12-15,17H2,1-2H3. The van der Waals surface area contributed by atoms with Crippen molar-refractivity contribution >= 4 is 23.2 Å². The number of carbonyl (C=O) groups is 1. The molecule has 0 radical (unpaired) electrons. The van der Waals surface area contributed by atoms with Crippen LogP contribution in [0.3, 0.4) is 0 Å². The van der Waals surface area contributed by atoms with Gasteiger partial charge in [-0.3, -0.25) is 4.79 Å². The molecule has 6 nitrogen and oxygen atoms in total. The zero-order valence-electron chi connectivity index (χ0n) is 19.1. The summed E-state index contributed by atoms with van der Waals surface area (Å²) in [5.41, 5.74) is 4.60. The summed E-state index contributed by atoms with van der Waals surface area (Å²) < 4.78 is 1.87. The molecule has 3 aromatic rings. The SMILES string of the molecule is CCCN(CCC)c1ccc(C#N)c(Cl)c1C(=O)N1CCc2nn(-c3ccccc3)cc2C1. The van der Waals surface area contributed by atoms with E-state index in [4.69, 9.17) is 16.7 Å². The second kappa shape index (κ2) is 10.1. The normalized spacial score (nSPS) is 12.8. The van der Waals surface area contributed by atoms with E-state index in [1.54, 1.807) is 6.07 Å². The molecule has 0 fully saturated rings. The highest BCUT2D eigenvalue weighted by Crippen LogP contribution is 2.33. The van der Waals surface area contributed by atoms with Gasteiger partial charge in [-0.2, -0.15) is 10.4 Å². The zero-order valence-corrected chi connectivity index (χ0v) is 19.8. The number of anilines is 1. The average molecular weight is 462 g/mol. The summed E-state index contributed by atoms with van der Waals surface area (Å²) >= 11 is 6.64. The summed E-state index contributed by atoms with van der Waals surface area (Å²) in [5.74, 6) is -0.137. The van der Waals surface area contributed by atoms with Crippen LogP contribution in [0.25, 0.3) is 5.69 Å². The van der Waals surface area contributed by atoms with Gasteiger partial charge in [0.15, 0.2) is 0 Å². The van der Waals surface area contributed by atoms with Gasteiger partial charge in [0.2, 0.25) is 0 Å². The number of halogens is 1. The fourth-order valence-electron chi connectivity index (χ4n) is 4.37. The molecule has 0 N–H and O–H groups in total. The summed E-state index contributed by atoms with van der Waals surface area (Å²) in [6.07, 6.45) is 4.59. The highest BCUT2D eigenvalue weighted by molar-refractivity contribution is 6.35. The number of fused-ring (bicyclic) bond motifs is 1. The maximum Gasteiger partial charge on any atom is 0.257 e. The van der Waals surface area contributed by atoms with E-state index in [1.807, 2.05) is 52.2 Å². The fraction of sp³-hybridized carbons (Fsp3) is 0.346. The molecule has 1 aromatic heterocycles. The van der Waals surface area contributed by atoms with Gasteiger partial charge in [-0.15, -0.1) is 0 Å². The van der Waals surface area contributed by atoms with E-state index in [0.29, 0.717) is 30.6 Å². The highest BCUT2D eigenvalue weighted by Gasteiger charge is 2.29. The van der Waals surface area contributed by atoms with Gasteiger partial charge in [-0.25, -0.2) is 4.68 Å². The van der Waals surface area contributed by atoms with Gasteiger partial charge in [0.05, 0.1) is 33.2 Å². The molecule has 1 aliphatic heterocycles. The van der Waals surface area contributed by atoms with Crippen molar-refractivity contribution in [3.05, 3.63) is 76.1 Å². The summed E-state index contributed by atoms with van der Waals surface area (Å²) in [6.45, 7) is 6.91. The lowest BCUT2D eigenvalue weighted by molar-refractivity contribution is 0.0735. The second-order valence-electron chi connectivity index (χ2n) is 8.28.